The van der Waals surface area contributed by atoms with Gasteiger partial charge < -0.3 is 15.4 Å². The molecule has 7 heteroatoms. The third-order valence-corrected chi connectivity index (χ3v) is 3.99. The van der Waals surface area contributed by atoms with Crippen molar-refractivity contribution in [1.29, 1.82) is 0 Å². The number of halogens is 1. The van der Waals surface area contributed by atoms with E-state index in [2.05, 4.69) is 20.6 Å². The fourth-order valence-corrected chi connectivity index (χ4v) is 2.50. The molecule has 0 saturated carbocycles. The minimum atomic E-state index is -0.359. The van der Waals surface area contributed by atoms with Gasteiger partial charge in [0.15, 0.2) is 0 Å². The van der Waals surface area contributed by atoms with Crippen molar-refractivity contribution in [1.82, 2.24) is 15.3 Å². The lowest BCUT2D eigenvalue weighted by molar-refractivity contribution is 0.251. The van der Waals surface area contributed by atoms with Crippen molar-refractivity contribution < 1.29 is 9.53 Å². The summed E-state index contributed by atoms with van der Waals surface area (Å²) in [7, 11) is 1.62. The SMILES string of the molecule is COc1ccc(-c2cc(CNC(=O)Nc3ccccc3Cl)ncn2)cc1. The van der Waals surface area contributed by atoms with Crippen molar-refractivity contribution in [2.45, 2.75) is 6.54 Å². The molecule has 6 nitrogen and oxygen atoms in total. The quantitative estimate of drug-likeness (QED) is 0.710. The minimum Gasteiger partial charge on any atom is -0.497 e. The average Bonchev–Trinajstić information content (AvgIpc) is 2.68. The zero-order valence-electron chi connectivity index (χ0n) is 14.1. The van der Waals surface area contributed by atoms with Crippen molar-refractivity contribution in [3.63, 3.8) is 0 Å². The van der Waals surface area contributed by atoms with Crippen LogP contribution in [0.2, 0.25) is 5.02 Å². The highest BCUT2D eigenvalue weighted by molar-refractivity contribution is 6.33. The number of para-hydroxylation sites is 1. The van der Waals surface area contributed by atoms with E-state index in [0.717, 1.165) is 17.0 Å². The predicted octanol–water partition coefficient (Wildman–Crippen LogP) is 4.13. The van der Waals surface area contributed by atoms with E-state index >= 15 is 0 Å². The molecular weight excluding hydrogens is 352 g/mol. The van der Waals surface area contributed by atoms with Crippen LogP contribution < -0.4 is 15.4 Å². The number of benzene rings is 2. The van der Waals surface area contributed by atoms with Gasteiger partial charge in [0, 0.05) is 5.56 Å². The highest BCUT2D eigenvalue weighted by Crippen LogP contribution is 2.21. The van der Waals surface area contributed by atoms with Gasteiger partial charge in [0.2, 0.25) is 0 Å². The Kier molecular flexibility index (Phi) is 5.66. The van der Waals surface area contributed by atoms with Gasteiger partial charge >= 0.3 is 6.03 Å². The van der Waals surface area contributed by atoms with Crippen molar-refractivity contribution in [2.24, 2.45) is 0 Å². The molecule has 3 aromatic rings. The fourth-order valence-electron chi connectivity index (χ4n) is 2.31. The number of rotatable bonds is 5. The number of ether oxygens (including phenoxy) is 1. The molecule has 3 rings (SSSR count). The van der Waals surface area contributed by atoms with Gasteiger partial charge in [-0.3, -0.25) is 0 Å². The van der Waals surface area contributed by atoms with E-state index in [1.807, 2.05) is 30.3 Å². The van der Waals surface area contributed by atoms with Gasteiger partial charge in [-0.25, -0.2) is 14.8 Å². The summed E-state index contributed by atoms with van der Waals surface area (Å²) in [5.41, 5.74) is 2.95. The third-order valence-electron chi connectivity index (χ3n) is 3.66. The highest BCUT2D eigenvalue weighted by Gasteiger charge is 2.07. The van der Waals surface area contributed by atoms with Crippen LogP contribution in [0.4, 0.5) is 10.5 Å². The molecule has 26 heavy (non-hydrogen) atoms. The molecule has 0 aliphatic heterocycles. The van der Waals surface area contributed by atoms with Crippen LogP contribution in [-0.2, 0) is 6.54 Å². The second kappa shape index (κ2) is 8.31. The summed E-state index contributed by atoms with van der Waals surface area (Å²) in [6, 6.07) is 16.1. The van der Waals surface area contributed by atoms with E-state index in [1.165, 1.54) is 6.33 Å². The number of aromatic nitrogens is 2. The number of carbonyl (C=O) groups is 1. The summed E-state index contributed by atoms with van der Waals surface area (Å²) in [4.78, 5) is 20.5. The van der Waals surface area contributed by atoms with Crippen molar-refractivity contribution in [3.8, 4) is 17.0 Å². The van der Waals surface area contributed by atoms with E-state index in [0.29, 0.717) is 16.4 Å². The summed E-state index contributed by atoms with van der Waals surface area (Å²) in [5, 5.41) is 5.93. The fraction of sp³-hybridized carbons (Fsp3) is 0.105. The lowest BCUT2D eigenvalue weighted by Gasteiger charge is -2.09. The van der Waals surface area contributed by atoms with Crippen LogP contribution >= 0.6 is 11.6 Å². The molecule has 0 fully saturated rings. The molecule has 132 valence electrons. The Hall–Kier alpha value is -3.12. The molecule has 1 aromatic heterocycles. The number of hydrogen-bond acceptors (Lipinski definition) is 4. The maximum atomic E-state index is 12.0. The van der Waals surface area contributed by atoms with Gasteiger partial charge in [-0.1, -0.05) is 23.7 Å². The molecular formula is C19H17ClN4O2. The number of methoxy groups -OCH3 is 1. The second-order valence-electron chi connectivity index (χ2n) is 5.41. The lowest BCUT2D eigenvalue weighted by atomic mass is 10.1. The van der Waals surface area contributed by atoms with E-state index in [4.69, 9.17) is 16.3 Å². The second-order valence-corrected chi connectivity index (χ2v) is 5.82. The van der Waals surface area contributed by atoms with Crippen LogP contribution in [0.15, 0.2) is 60.9 Å². The largest absolute Gasteiger partial charge is 0.497 e. The summed E-state index contributed by atoms with van der Waals surface area (Å²) >= 11 is 6.02. The first-order chi connectivity index (χ1) is 12.7. The molecule has 0 unspecified atom stereocenters. The van der Waals surface area contributed by atoms with Gasteiger partial charge in [-0.2, -0.15) is 0 Å². The van der Waals surface area contributed by atoms with Gasteiger partial charge in [-0.15, -0.1) is 0 Å². The Labute approximate surface area is 156 Å². The summed E-state index contributed by atoms with van der Waals surface area (Å²) in [5.74, 6) is 0.779. The Morgan fingerprint density at radius 2 is 1.88 bits per heavy atom. The number of amides is 2. The smallest absolute Gasteiger partial charge is 0.319 e. The molecule has 1 heterocycles. The monoisotopic (exact) mass is 368 g/mol. The van der Waals surface area contributed by atoms with Gasteiger partial charge in [0.25, 0.3) is 0 Å². The third kappa shape index (κ3) is 4.49. The molecule has 0 radical (unpaired) electrons. The van der Waals surface area contributed by atoms with Gasteiger partial charge in [0.1, 0.15) is 12.1 Å². The van der Waals surface area contributed by atoms with Crippen LogP contribution in [0.5, 0.6) is 5.75 Å². The zero-order valence-corrected chi connectivity index (χ0v) is 14.8. The average molecular weight is 369 g/mol. The molecule has 0 aliphatic rings. The Morgan fingerprint density at radius 1 is 1.12 bits per heavy atom. The number of urea groups is 1. The van der Waals surface area contributed by atoms with Crippen molar-refractivity contribution in [2.75, 3.05) is 12.4 Å². The summed E-state index contributed by atoms with van der Waals surface area (Å²) in [6.07, 6.45) is 1.47. The number of hydrogen-bond donors (Lipinski definition) is 2. The Bertz CT molecular complexity index is 900. The first-order valence-corrected chi connectivity index (χ1v) is 8.28. The zero-order chi connectivity index (χ0) is 18.4. The number of carbonyl (C=O) groups excluding carboxylic acids is 1. The molecule has 2 N–H and O–H groups in total. The van der Waals surface area contributed by atoms with Crippen molar-refractivity contribution in [3.05, 3.63) is 71.6 Å². The van der Waals surface area contributed by atoms with E-state index < -0.39 is 0 Å². The standard InChI is InChI=1S/C19H17ClN4O2/c1-26-15-8-6-13(7-9-15)18-10-14(22-12-23-18)11-21-19(25)24-17-5-3-2-4-16(17)20/h2-10,12H,11H2,1H3,(H2,21,24,25). The molecule has 0 atom stereocenters. The molecule has 0 bridgehead atoms. The first kappa shape index (κ1) is 17.7. The molecule has 2 aromatic carbocycles. The highest BCUT2D eigenvalue weighted by atomic mass is 35.5. The van der Waals surface area contributed by atoms with E-state index in [9.17, 15) is 4.79 Å². The predicted molar refractivity (Wildman–Crippen MR) is 101 cm³/mol. The van der Waals surface area contributed by atoms with Crippen LogP contribution in [-0.4, -0.2) is 23.1 Å². The van der Waals surface area contributed by atoms with Gasteiger partial charge in [0.05, 0.1) is 35.8 Å². The summed E-state index contributed by atoms with van der Waals surface area (Å²) in [6.45, 7) is 0.266. The van der Waals surface area contributed by atoms with Crippen LogP contribution in [0, 0.1) is 0 Å². The molecule has 0 aliphatic carbocycles. The normalized spacial score (nSPS) is 10.2. The Balaban J connectivity index is 1.63. The van der Waals surface area contributed by atoms with Gasteiger partial charge in [-0.05, 0) is 42.5 Å². The topological polar surface area (TPSA) is 76.1 Å². The molecule has 0 spiro atoms. The van der Waals surface area contributed by atoms with Crippen LogP contribution in [0.3, 0.4) is 0 Å². The number of nitrogens with zero attached hydrogens (tertiary/aromatic N) is 2. The minimum absolute atomic E-state index is 0.266. The molecule has 0 saturated heterocycles. The molecule has 2 amide bonds. The number of anilines is 1. The lowest BCUT2D eigenvalue weighted by Crippen LogP contribution is -2.28. The Morgan fingerprint density at radius 3 is 2.62 bits per heavy atom. The van der Waals surface area contributed by atoms with E-state index in [1.54, 1.807) is 31.4 Å². The van der Waals surface area contributed by atoms with E-state index in [-0.39, 0.29) is 12.6 Å². The van der Waals surface area contributed by atoms with Crippen LogP contribution in [0.1, 0.15) is 5.69 Å². The summed E-state index contributed by atoms with van der Waals surface area (Å²) < 4.78 is 5.15. The van der Waals surface area contributed by atoms with Crippen LogP contribution in [0.25, 0.3) is 11.3 Å². The number of nitrogens with one attached hydrogen (secondary N) is 2. The van der Waals surface area contributed by atoms with Crippen molar-refractivity contribution >= 4 is 23.3 Å². The maximum Gasteiger partial charge on any atom is 0.319 e. The first-order valence-electron chi connectivity index (χ1n) is 7.90. The maximum absolute atomic E-state index is 12.0.